The lowest BCUT2D eigenvalue weighted by atomic mass is 10.3. The number of ether oxygens (including phenoxy) is 1. The largest absolute Gasteiger partial charge is 0.450 e. The van der Waals surface area contributed by atoms with Gasteiger partial charge in [0.1, 0.15) is 16.7 Å². The van der Waals surface area contributed by atoms with Crippen LogP contribution in [0.5, 0.6) is 0 Å². The van der Waals surface area contributed by atoms with Gasteiger partial charge in [0.15, 0.2) is 5.76 Å². The summed E-state index contributed by atoms with van der Waals surface area (Å²) in [6.07, 6.45) is 0. The van der Waals surface area contributed by atoms with Crippen LogP contribution in [0.2, 0.25) is 0 Å². The zero-order chi connectivity index (χ0) is 13.7. The third-order valence-corrected chi connectivity index (χ3v) is 3.39. The Bertz CT molecular complexity index is 609. The fraction of sp³-hybridized carbons (Fsp3) is 0.231. The molecule has 2 aromatic heterocycles. The standard InChI is InChI=1S/C13H12N2O3S/c1-17-7-6-15-13(16)11-4-3-10(18-11)12-5-2-9(8-14)19-12/h2-5H,6-7H2,1H3,(H,15,16). The number of methoxy groups -OCH3 is 1. The Morgan fingerprint density at radius 3 is 3.00 bits per heavy atom. The molecular weight excluding hydrogens is 264 g/mol. The molecule has 5 nitrogen and oxygen atoms in total. The normalized spacial score (nSPS) is 10.1. The summed E-state index contributed by atoms with van der Waals surface area (Å²) in [7, 11) is 1.57. The molecule has 1 N–H and O–H groups in total. The minimum atomic E-state index is -0.277. The second-order valence-corrected chi connectivity index (χ2v) is 4.77. The van der Waals surface area contributed by atoms with Crippen molar-refractivity contribution in [3.63, 3.8) is 0 Å². The van der Waals surface area contributed by atoms with Crippen LogP contribution in [0.3, 0.4) is 0 Å². The molecule has 0 aliphatic rings. The van der Waals surface area contributed by atoms with Crippen LogP contribution in [0.15, 0.2) is 28.7 Å². The van der Waals surface area contributed by atoms with Gasteiger partial charge in [-0.25, -0.2) is 0 Å². The van der Waals surface area contributed by atoms with E-state index in [0.29, 0.717) is 23.8 Å². The van der Waals surface area contributed by atoms with Crippen LogP contribution in [-0.2, 0) is 4.74 Å². The van der Waals surface area contributed by atoms with Crippen molar-refractivity contribution >= 4 is 17.2 Å². The van der Waals surface area contributed by atoms with Gasteiger partial charge in [0.25, 0.3) is 5.91 Å². The second-order valence-electron chi connectivity index (χ2n) is 3.69. The maximum Gasteiger partial charge on any atom is 0.287 e. The summed E-state index contributed by atoms with van der Waals surface area (Å²) in [6.45, 7) is 0.888. The van der Waals surface area contributed by atoms with E-state index in [0.717, 1.165) is 4.88 Å². The first kappa shape index (κ1) is 13.3. The maximum atomic E-state index is 11.7. The number of nitriles is 1. The number of amides is 1. The number of carbonyl (C=O) groups excluding carboxylic acids is 1. The molecule has 0 fully saturated rings. The Labute approximate surface area is 114 Å². The van der Waals surface area contributed by atoms with Gasteiger partial charge >= 0.3 is 0 Å². The van der Waals surface area contributed by atoms with E-state index in [1.54, 1.807) is 31.4 Å². The third kappa shape index (κ3) is 3.22. The lowest BCUT2D eigenvalue weighted by Crippen LogP contribution is -2.26. The highest BCUT2D eigenvalue weighted by Crippen LogP contribution is 2.29. The van der Waals surface area contributed by atoms with Crippen LogP contribution in [0.1, 0.15) is 15.4 Å². The minimum absolute atomic E-state index is 0.248. The average Bonchev–Trinajstić information content (AvgIpc) is 3.07. The van der Waals surface area contributed by atoms with Gasteiger partial charge in [-0.2, -0.15) is 5.26 Å². The molecule has 0 aliphatic heterocycles. The molecule has 0 bridgehead atoms. The molecule has 0 spiro atoms. The molecule has 0 saturated heterocycles. The van der Waals surface area contributed by atoms with Gasteiger partial charge in [-0.15, -0.1) is 11.3 Å². The minimum Gasteiger partial charge on any atom is -0.450 e. The molecule has 0 atom stereocenters. The topological polar surface area (TPSA) is 75.3 Å². The van der Waals surface area contributed by atoms with E-state index >= 15 is 0 Å². The number of hydrogen-bond acceptors (Lipinski definition) is 5. The third-order valence-electron chi connectivity index (χ3n) is 2.38. The van der Waals surface area contributed by atoms with E-state index in [-0.39, 0.29) is 11.7 Å². The van der Waals surface area contributed by atoms with Crippen molar-refractivity contribution in [2.45, 2.75) is 0 Å². The lowest BCUT2D eigenvalue weighted by molar-refractivity contribution is 0.0910. The van der Waals surface area contributed by atoms with E-state index in [4.69, 9.17) is 14.4 Å². The highest BCUT2D eigenvalue weighted by atomic mass is 32.1. The molecule has 0 aromatic carbocycles. The summed E-state index contributed by atoms with van der Waals surface area (Å²) in [5.41, 5.74) is 0. The first-order chi connectivity index (χ1) is 9.24. The van der Waals surface area contributed by atoms with Crippen LogP contribution in [0, 0.1) is 11.3 Å². The number of rotatable bonds is 5. The Morgan fingerprint density at radius 2 is 2.32 bits per heavy atom. The molecule has 19 heavy (non-hydrogen) atoms. The van der Waals surface area contributed by atoms with Crippen molar-refractivity contribution in [1.29, 1.82) is 5.26 Å². The molecule has 0 saturated carbocycles. The van der Waals surface area contributed by atoms with E-state index in [9.17, 15) is 4.79 Å². The molecule has 98 valence electrons. The summed E-state index contributed by atoms with van der Waals surface area (Å²) in [4.78, 5) is 13.2. The Kier molecular flexibility index (Phi) is 4.34. The van der Waals surface area contributed by atoms with Crippen molar-refractivity contribution in [2.24, 2.45) is 0 Å². The van der Waals surface area contributed by atoms with E-state index in [1.807, 2.05) is 0 Å². The quantitative estimate of drug-likeness (QED) is 0.850. The predicted octanol–water partition coefficient (Wildman–Crippen LogP) is 2.26. The number of thiophene rings is 1. The monoisotopic (exact) mass is 276 g/mol. The van der Waals surface area contributed by atoms with Crippen molar-refractivity contribution in [2.75, 3.05) is 20.3 Å². The summed E-state index contributed by atoms with van der Waals surface area (Å²) in [5.74, 6) is 0.557. The number of hydrogen-bond donors (Lipinski definition) is 1. The molecular formula is C13H12N2O3S. The number of carbonyl (C=O) groups is 1. The van der Waals surface area contributed by atoms with Gasteiger partial charge in [-0.3, -0.25) is 4.79 Å². The number of furan rings is 1. The SMILES string of the molecule is COCCNC(=O)c1ccc(-c2ccc(C#N)s2)o1. The Morgan fingerprint density at radius 1 is 1.47 bits per heavy atom. The van der Waals surface area contributed by atoms with E-state index < -0.39 is 0 Å². The second kappa shape index (κ2) is 6.18. The Hall–Kier alpha value is -2.10. The van der Waals surface area contributed by atoms with Gasteiger partial charge in [-0.1, -0.05) is 0 Å². The van der Waals surface area contributed by atoms with Gasteiger partial charge in [0, 0.05) is 13.7 Å². The van der Waals surface area contributed by atoms with Gasteiger partial charge in [0.2, 0.25) is 0 Å². The van der Waals surface area contributed by atoms with E-state index in [1.165, 1.54) is 11.3 Å². The summed E-state index contributed by atoms with van der Waals surface area (Å²) in [6, 6.07) is 8.92. The molecule has 1 amide bonds. The van der Waals surface area contributed by atoms with Crippen molar-refractivity contribution in [1.82, 2.24) is 5.32 Å². The predicted molar refractivity (Wildman–Crippen MR) is 70.9 cm³/mol. The molecule has 2 rings (SSSR count). The van der Waals surface area contributed by atoms with Gasteiger partial charge in [0.05, 0.1) is 11.5 Å². The fourth-order valence-corrected chi connectivity index (χ4v) is 2.24. The molecule has 2 heterocycles. The van der Waals surface area contributed by atoms with E-state index in [2.05, 4.69) is 11.4 Å². The number of nitrogens with zero attached hydrogens (tertiary/aromatic N) is 1. The average molecular weight is 276 g/mol. The fourth-order valence-electron chi connectivity index (χ4n) is 1.48. The smallest absolute Gasteiger partial charge is 0.287 e. The molecule has 2 aromatic rings. The highest BCUT2D eigenvalue weighted by molar-refractivity contribution is 7.15. The molecule has 6 heteroatoms. The molecule has 0 aliphatic carbocycles. The summed E-state index contributed by atoms with van der Waals surface area (Å²) < 4.78 is 10.3. The van der Waals surface area contributed by atoms with Crippen molar-refractivity contribution < 1.29 is 13.9 Å². The van der Waals surface area contributed by atoms with Gasteiger partial charge < -0.3 is 14.5 Å². The van der Waals surface area contributed by atoms with Crippen LogP contribution >= 0.6 is 11.3 Å². The van der Waals surface area contributed by atoms with Crippen LogP contribution in [-0.4, -0.2) is 26.2 Å². The number of nitrogens with one attached hydrogen (secondary N) is 1. The van der Waals surface area contributed by atoms with Crippen molar-refractivity contribution in [3.8, 4) is 16.7 Å². The van der Waals surface area contributed by atoms with Gasteiger partial charge in [-0.05, 0) is 24.3 Å². The highest BCUT2D eigenvalue weighted by Gasteiger charge is 2.12. The summed E-state index contributed by atoms with van der Waals surface area (Å²) >= 11 is 1.33. The van der Waals surface area contributed by atoms with Crippen molar-refractivity contribution in [3.05, 3.63) is 34.9 Å². The first-order valence-electron chi connectivity index (χ1n) is 5.62. The lowest BCUT2D eigenvalue weighted by Gasteiger charge is -2.01. The van der Waals surface area contributed by atoms with Crippen LogP contribution in [0.25, 0.3) is 10.6 Å². The molecule has 0 unspecified atom stereocenters. The summed E-state index contributed by atoms with van der Waals surface area (Å²) in [5, 5.41) is 11.4. The van der Waals surface area contributed by atoms with Crippen LogP contribution < -0.4 is 5.32 Å². The van der Waals surface area contributed by atoms with Crippen LogP contribution in [0.4, 0.5) is 0 Å². The maximum absolute atomic E-state index is 11.7. The first-order valence-corrected chi connectivity index (χ1v) is 6.43. The Balaban J connectivity index is 2.06. The molecule has 0 radical (unpaired) electrons. The zero-order valence-corrected chi connectivity index (χ0v) is 11.1. The zero-order valence-electron chi connectivity index (χ0n) is 10.3.